The summed E-state index contributed by atoms with van der Waals surface area (Å²) in [7, 11) is 0. The van der Waals surface area contributed by atoms with Crippen LogP contribution in [0.25, 0.3) is 5.57 Å². The van der Waals surface area contributed by atoms with E-state index < -0.39 is 0 Å². The predicted octanol–water partition coefficient (Wildman–Crippen LogP) is 3.01. The summed E-state index contributed by atoms with van der Waals surface area (Å²) in [6.07, 6.45) is 2.97. The van der Waals surface area contributed by atoms with Gasteiger partial charge in [0.1, 0.15) is 11.6 Å². The Morgan fingerprint density at radius 3 is 3.08 bits per heavy atom. The van der Waals surface area contributed by atoms with Gasteiger partial charge in [-0.2, -0.15) is 0 Å². The molecule has 0 spiro atoms. The summed E-state index contributed by atoms with van der Waals surface area (Å²) in [6, 6.07) is 4.69. The maximum atomic E-state index is 12.8. The van der Waals surface area contributed by atoms with Crippen molar-refractivity contribution in [1.82, 2.24) is 0 Å². The van der Waals surface area contributed by atoms with E-state index in [4.69, 9.17) is 4.74 Å². The number of rotatable bonds is 0. The molecule has 0 radical (unpaired) electrons. The molecule has 1 nitrogen and oxygen atoms in total. The Balaban J connectivity index is 2.52. The van der Waals surface area contributed by atoms with Gasteiger partial charge in [0, 0.05) is 18.1 Å². The van der Waals surface area contributed by atoms with E-state index in [9.17, 15) is 4.39 Å². The van der Waals surface area contributed by atoms with E-state index in [0.717, 1.165) is 12.0 Å². The molecule has 2 heteroatoms. The predicted molar refractivity (Wildman–Crippen MR) is 50.2 cm³/mol. The van der Waals surface area contributed by atoms with Crippen molar-refractivity contribution in [2.45, 2.75) is 13.3 Å². The minimum Gasteiger partial charge on any atom is -0.493 e. The Kier molecular flexibility index (Phi) is 2.05. The van der Waals surface area contributed by atoms with Crippen LogP contribution in [0.2, 0.25) is 0 Å². The molecule has 1 aliphatic heterocycles. The van der Waals surface area contributed by atoms with E-state index in [0.29, 0.717) is 12.4 Å². The van der Waals surface area contributed by atoms with Crippen molar-refractivity contribution < 1.29 is 9.13 Å². The highest BCUT2D eigenvalue weighted by Gasteiger charge is 2.14. The van der Waals surface area contributed by atoms with Crippen LogP contribution in [0.3, 0.4) is 0 Å². The van der Waals surface area contributed by atoms with Gasteiger partial charge >= 0.3 is 0 Å². The van der Waals surface area contributed by atoms with Gasteiger partial charge in [0.15, 0.2) is 0 Å². The largest absolute Gasteiger partial charge is 0.493 e. The first-order chi connectivity index (χ1) is 6.31. The summed E-state index contributed by atoms with van der Waals surface area (Å²) in [6.45, 7) is 2.64. The number of hydrogen-bond acceptors (Lipinski definition) is 1. The molecule has 68 valence electrons. The maximum Gasteiger partial charge on any atom is 0.129 e. The molecule has 1 aromatic carbocycles. The number of hydrogen-bond donors (Lipinski definition) is 0. The van der Waals surface area contributed by atoms with E-state index >= 15 is 0 Å². The van der Waals surface area contributed by atoms with Crippen LogP contribution < -0.4 is 4.74 Å². The number of halogens is 1. The molecule has 0 bridgehead atoms. The number of ether oxygens (including phenoxy) is 1. The van der Waals surface area contributed by atoms with Gasteiger partial charge in [0.05, 0.1) is 6.61 Å². The summed E-state index contributed by atoms with van der Waals surface area (Å²) < 4.78 is 18.2. The van der Waals surface area contributed by atoms with Gasteiger partial charge in [-0.05, 0) is 24.6 Å². The maximum absolute atomic E-state index is 12.8. The first-order valence-electron chi connectivity index (χ1n) is 4.39. The quantitative estimate of drug-likeness (QED) is 0.593. The third-order valence-corrected chi connectivity index (χ3v) is 2.27. The highest BCUT2D eigenvalue weighted by atomic mass is 19.1. The second-order valence-electron chi connectivity index (χ2n) is 3.05. The molecule has 0 atom stereocenters. The van der Waals surface area contributed by atoms with E-state index in [1.807, 2.05) is 6.92 Å². The summed E-state index contributed by atoms with van der Waals surface area (Å²) in [5.41, 5.74) is 2.26. The van der Waals surface area contributed by atoms with Crippen LogP contribution >= 0.6 is 0 Å². The zero-order valence-corrected chi connectivity index (χ0v) is 7.51. The Bertz CT molecular complexity index is 355. The van der Waals surface area contributed by atoms with Gasteiger partial charge in [-0.1, -0.05) is 6.08 Å². The fourth-order valence-corrected chi connectivity index (χ4v) is 1.59. The van der Waals surface area contributed by atoms with Gasteiger partial charge in [-0.3, -0.25) is 0 Å². The monoisotopic (exact) mass is 178 g/mol. The lowest BCUT2D eigenvalue weighted by molar-refractivity contribution is 0.314. The molecule has 1 aliphatic rings. The minimum absolute atomic E-state index is 0.240. The molecule has 1 aromatic rings. The standard InChI is InChI=1S/C11H11FO/c1-2-8-5-6-13-11-7-9(12)3-4-10(8)11/h2-4,7H,5-6H2,1H3/b8-2-. The van der Waals surface area contributed by atoms with Crippen LogP contribution in [-0.2, 0) is 0 Å². The minimum atomic E-state index is -0.240. The second kappa shape index (κ2) is 3.21. The van der Waals surface area contributed by atoms with E-state index in [-0.39, 0.29) is 5.82 Å². The summed E-state index contributed by atoms with van der Waals surface area (Å²) in [5, 5.41) is 0. The fourth-order valence-electron chi connectivity index (χ4n) is 1.59. The molecule has 0 amide bonds. The topological polar surface area (TPSA) is 9.23 Å². The van der Waals surface area contributed by atoms with Crippen molar-refractivity contribution in [2.24, 2.45) is 0 Å². The lowest BCUT2D eigenvalue weighted by Crippen LogP contribution is -2.07. The van der Waals surface area contributed by atoms with Crippen LogP contribution in [-0.4, -0.2) is 6.61 Å². The van der Waals surface area contributed by atoms with Gasteiger partial charge in [0.2, 0.25) is 0 Å². The molecular weight excluding hydrogens is 167 g/mol. The number of benzene rings is 1. The normalized spacial score (nSPS) is 18.2. The van der Waals surface area contributed by atoms with Crippen LogP contribution in [0.15, 0.2) is 24.3 Å². The highest BCUT2D eigenvalue weighted by molar-refractivity contribution is 5.71. The Morgan fingerprint density at radius 1 is 1.46 bits per heavy atom. The Morgan fingerprint density at radius 2 is 2.31 bits per heavy atom. The van der Waals surface area contributed by atoms with Crippen LogP contribution in [0.5, 0.6) is 5.75 Å². The molecule has 0 unspecified atom stereocenters. The van der Waals surface area contributed by atoms with Crippen molar-refractivity contribution in [1.29, 1.82) is 0 Å². The zero-order valence-electron chi connectivity index (χ0n) is 7.51. The second-order valence-corrected chi connectivity index (χ2v) is 3.05. The van der Waals surface area contributed by atoms with E-state index in [1.165, 1.54) is 17.7 Å². The van der Waals surface area contributed by atoms with Crippen molar-refractivity contribution in [2.75, 3.05) is 6.61 Å². The van der Waals surface area contributed by atoms with E-state index in [1.54, 1.807) is 6.07 Å². The number of allylic oxidation sites excluding steroid dienone is 1. The summed E-state index contributed by atoms with van der Waals surface area (Å²) in [4.78, 5) is 0. The molecule has 0 aliphatic carbocycles. The molecule has 0 saturated carbocycles. The third-order valence-electron chi connectivity index (χ3n) is 2.27. The molecule has 0 fully saturated rings. The molecule has 0 aromatic heterocycles. The molecular formula is C11H11FO. The smallest absolute Gasteiger partial charge is 0.129 e. The summed E-state index contributed by atoms with van der Waals surface area (Å²) in [5.74, 6) is 0.426. The SMILES string of the molecule is C/C=C1/CCOc2cc(F)ccc21. The summed E-state index contributed by atoms with van der Waals surface area (Å²) >= 11 is 0. The van der Waals surface area contributed by atoms with Crippen molar-refractivity contribution in [3.8, 4) is 5.75 Å². The lowest BCUT2D eigenvalue weighted by atomic mass is 10.00. The zero-order chi connectivity index (χ0) is 9.26. The average molecular weight is 178 g/mol. The first kappa shape index (κ1) is 8.30. The van der Waals surface area contributed by atoms with E-state index in [2.05, 4.69) is 6.08 Å². The van der Waals surface area contributed by atoms with Crippen LogP contribution in [0.4, 0.5) is 4.39 Å². The van der Waals surface area contributed by atoms with Crippen LogP contribution in [0.1, 0.15) is 18.9 Å². The molecule has 13 heavy (non-hydrogen) atoms. The van der Waals surface area contributed by atoms with Crippen molar-refractivity contribution in [3.63, 3.8) is 0 Å². The van der Waals surface area contributed by atoms with Gasteiger partial charge in [-0.15, -0.1) is 0 Å². The third kappa shape index (κ3) is 1.44. The lowest BCUT2D eigenvalue weighted by Gasteiger charge is -2.19. The average Bonchev–Trinajstić information content (AvgIpc) is 2.16. The van der Waals surface area contributed by atoms with Crippen LogP contribution in [0, 0.1) is 5.82 Å². The highest BCUT2D eigenvalue weighted by Crippen LogP contribution is 2.32. The molecule has 0 saturated heterocycles. The molecule has 1 heterocycles. The van der Waals surface area contributed by atoms with Crippen molar-refractivity contribution >= 4 is 5.57 Å². The number of fused-ring (bicyclic) bond motifs is 1. The Hall–Kier alpha value is -1.31. The van der Waals surface area contributed by atoms with Gasteiger partial charge in [0.25, 0.3) is 0 Å². The molecule has 2 rings (SSSR count). The van der Waals surface area contributed by atoms with Crippen molar-refractivity contribution in [3.05, 3.63) is 35.7 Å². The Labute approximate surface area is 76.8 Å². The molecule has 0 N–H and O–H groups in total. The van der Waals surface area contributed by atoms with Gasteiger partial charge in [-0.25, -0.2) is 4.39 Å². The van der Waals surface area contributed by atoms with Gasteiger partial charge < -0.3 is 4.74 Å². The fraction of sp³-hybridized carbons (Fsp3) is 0.273. The first-order valence-corrected chi connectivity index (χ1v) is 4.39.